The van der Waals surface area contributed by atoms with E-state index in [1.54, 1.807) is 22.6 Å². The third kappa shape index (κ3) is 2.57. The van der Waals surface area contributed by atoms with Crippen LogP contribution in [0.2, 0.25) is 0 Å². The van der Waals surface area contributed by atoms with Gasteiger partial charge in [0.1, 0.15) is 11.4 Å². The number of nitrogens with zero attached hydrogens (tertiary/aromatic N) is 1. The second-order valence-electron chi connectivity index (χ2n) is 2.14. The Morgan fingerprint density at radius 2 is 2.15 bits per heavy atom. The molecule has 1 rings (SSSR count). The molecule has 0 aliphatic carbocycles. The van der Waals surface area contributed by atoms with E-state index in [1.807, 2.05) is 0 Å². The third-order valence-electron chi connectivity index (χ3n) is 1.28. The average molecular weight is 317 g/mol. The Kier molecular flexibility index (Phi) is 3.55. The van der Waals surface area contributed by atoms with Crippen LogP contribution in [0.1, 0.15) is 22.6 Å². The van der Waals surface area contributed by atoms with Crippen LogP contribution in [0, 0.1) is 3.57 Å². The van der Waals surface area contributed by atoms with Crippen molar-refractivity contribution in [2.24, 2.45) is 0 Å². The van der Waals surface area contributed by atoms with E-state index in [4.69, 9.17) is 11.6 Å². The smallest absolute Gasteiger partial charge is 0.274 e. The second-order valence-corrected chi connectivity index (χ2v) is 3.65. The van der Waals surface area contributed by atoms with Crippen molar-refractivity contribution in [3.05, 3.63) is 27.1 Å². The van der Waals surface area contributed by atoms with E-state index in [0.29, 0.717) is 3.57 Å². The van der Waals surface area contributed by atoms with Gasteiger partial charge in [-0.3, -0.25) is 4.79 Å². The maximum atomic E-state index is 12.1. The van der Waals surface area contributed by atoms with Gasteiger partial charge < -0.3 is 0 Å². The summed E-state index contributed by atoms with van der Waals surface area (Å²) in [5.41, 5.74) is -0.565. The highest BCUT2D eigenvalue weighted by molar-refractivity contribution is 14.1. The molecule has 1 aromatic rings. The van der Waals surface area contributed by atoms with Crippen molar-refractivity contribution in [3.8, 4) is 0 Å². The van der Waals surface area contributed by atoms with Crippen LogP contribution in [0.5, 0.6) is 0 Å². The first-order chi connectivity index (χ1) is 6.02. The molecular formula is C7H3ClF2INO. The zero-order chi connectivity index (χ0) is 10.0. The van der Waals surface area contributed by atoms with Gasteiger partial charge in [-0.1, -0.05) is 0 Å². The molecule has 0 saturated heterocycles. The van der Waals surface area contributed by atoms with Crippen molar-refractivity contribution in [3.63, 3.8) is 0 Å². The van der Waals surface area contributed by atoms with Gasteiger partial charge in [-0.25, -0.2) is 13.8 Å². The summed E-state index contributed by atoms with van der Waals surface area (Å²) in [5.74, 6) is 0. The monoisotopic (exact) mass is 317 g/mol. The molecule has 0 fully saturated rings. The van der Waals surface area contributed by atoms with Crippen LogP contribution >= 0.6 is 34.2 Å². The molecule has 2 nitrogen and oxygen atoms in total. The van der Waals surface area contributed by atoms with E-state index in [2.05, 4.69) is 4.98 Å². The lowest BCUT2D eigenvalue weighted by molar-refractivity contribution is 0.107. The molecule has 0 saturated carbocycles. The van der Waals surface area contributed by atoms with E-state index in [9.17, 15) is 13.6 Å². The minimum Gasteiger partial charge on any atom is -0.274 e. The maximum Gasteiger partial charge on any atom is 0.280 e. The van der Waals surface area contributed by atoms with Crippen molar-refractivity contribution in [2.75, 3.05) is 0 Å². The van der Waals surface area contributed by atoms with Gasteiger partial charge in [0, 0.05) is 3.57 Å². The molecule has 13 heavy (non-hydrogen) atoms. The molecule has 1 aromatic heterocycles. The molecule has 0 aromatic carbocycles. The molecule has 0 radical (unpaired) electrons. The standard InChI is InChI=1S/C7H3ClF2INO/c8-6(13)5-3(11)1-2-4(12-5)7(9)10/h1-2,7H. The summed E-state index contributed by atoms with van der Waals surface area (Å²) in [6, 6.07) is 2.54. The lowest BCUT2D eigenvalue weighted by Gasteiger charge is -2.01. The lowest BCUT2D eigenvalue weighted by Crippen LogP contribution is -2.01. The Bertz CT molecular complexity index is 345. The summed E-state index contributed by atoms with van der Waals surface area (Å²) >= 11 is 6.94. The SMILES string of the molecule is O=C(Cl)c1nc(C(F)F)ccc1I. The molecule has 0 bridgehead atoms. The van der Waals surface area contributed by atoms with Gasteiger partial charge in [-0.2, -0.15) is 0 Å². The normalized spacial score (nSPS) is 10.5. The molecule has 6 heteroatoms. The van der Waals surface area contributed by atoms with Crippen LogP contribution in [0.15, 0.2) is 12.1 Å². The number of halogens is 4. The number of carbonyl (C=O) groups excluding carboxylic acids is 1. The Morgan fingerprint density at radius 3 is 2.62 bits per heavy atom. The molecule has 70 valence electrons. The fraction of sp³-hybridized carbons (Fsp3) is 0.143. The van der Waals surface area contributed by atoms with Crippen molar-refractivity contribution >= 4 is 39.4 Å². The van der Waals surface area contributed by atoms with Crippen LogP contribution in [-0.4, -0.2) is 10.2 Å². The van der Waals surface area contributed by atoms with Gasteiger partial charge in [-0.05, 0) is 46.3 Å². The van der Waals surface area contributed by atoms with E-state index < -0.39 is 17.4 Å². The minimum atomic E-state index is -2.69. The first-order valence-corrected chi connectivity index (χ1v) is 4.62. The first-order valence-electron chi connectivity index (χ1n) is 3.17. The molecule has 1 heterocycles. The molecule has 0 amide bonds. The van der Waals surface area contributed by atoms with E-state index in [1.165, 1.54) is 6.07 Å². The molecule has 0 spiro atoms. The first kappa shape index (κ1) is 10.8. The van der Waals surface area contributed by atoms with Crippen molar-refractivity contribution < 1.29 is 13.6 Å². The number of hydrogen-bond donors (Lipinski definition) is 0. The topological polar surface area (TPSA) is 30.0 Å². The zero-order valence-corrected chi connectivity index (χ0v) is 9.01. The Balaban J connectivity index is 3.19. The second kappa shape index (κ2) is 4.28. The summed E-state index contributed by atoms with van der Waals surface area (Å²) in [6.45, 7) is 0. The number of alkyl halides is 2. The molecule has 0 N–H and O–H groups in total. The Labute approximate surface area is 91.4 Å². The quantitative estimate of drug-likeness (QED) is 0.620. The van der Waals surface area contributed by atoms with E-state index >= 15 is 0 Å². The number of rotatable bonds is 2. The molecule has 0 aliphatic rings. The van der Waals surface area contributed by atoms with Gasteiger partial charge in [0.15, 0.2) is 0 Å². The molecular weight excluding hydrogens is 314 g/mol. The molecule has 0 aliphatic heterocycles. The van der Waals surface area contributed by atoms with Crippen LogP contribution < -0.4 is 0 Å². The van der Waals surface area contributed by atoms with Crippen LogP contribution in [-0.2, 0) is 0 Å². The largest absolute Gasteiger partial charge is 0.280 e. The summed E-state index contributed by atoms with van der Waals surface area (Å²) in [7, 11) is 0. The lowest BCUT2D eigenvalue weighted by atomic mass is 10.3. The number of aromatic nitrogens is 1. The highest BCUT2D eigenvalue weighted by atomic mass is 127. The predicted octanol–water partition coefficient (Wildman–Crippen LogP) is 3.00. The number of carbonyl (C=O) groups is 1. The van der Waals surface area contributed by atoms with Crippen molar-refractivity contribution in [1.29, 1.82) is 0 Å². The number of hydrogen-bond acceptors (Lipinski definition) is 2. The number of pyridine rings is 1. The van der Waals surface area contributed by atoms with Crippen molar-refractivity contribution in [1.82, 2.24) is 4.98 Å². The highest BCUT2D eigenvalue weighted by Crippen LogP contribution is 2.20. The Morgan fingerprint density at radius 1 is 1.54 bits per heavy atom. The van der Waals surface area contributed by atoms with Crippen LogP contribution in [0.25, 0.3) is 0 Å². The summed E-state index contributed by atoms with van der Waals surface area (Å²) < 4.78 is 24.7. The minimum absolute atomic E-state index is 0.125. The van der Waals surface area contributed by atoms with E-state index in [-0.39, 0.29) is 5.69 Å². The predicted molar refractivity (Wildman–Crippen MR) is 52.1 cm³/mol. The van der Waals surface area contributed by atoms with Crippen LogP contribution in [0.3, 0.4) is 0 Å². The van der Waals surface area contributed by atoms with Gasteiger partial charge in [0.2, 0.25) is 0 Å². The zero-order valence-electron chi connectivity index (χ0n) is 6.10. The molecule has 0 atom stereocenters. The molecule has 0 unspecified atom stereocenters. The average Bonchev–Trinajstić information content (AvgIpc) is 2.04. The summed E-state index contributed by atoms with van der Waals surface area (Å²) in [6.07, 6.45) is -2.69. The summed E-state index contributed by atoms with van der Waals surface area (Å²) in [5, 5.41) is -0.827. The van der Waals surface area contributed by atoms with Gasteiger partial charge >= 0.3 is 0 Å². The fourth-order valence-corrected chi connectivity index (χ4v) is 1.57. The van der Waals surface area contributed by atoms with Crippen LogP contribution in [0.4, 0.5) is 8.78 Å². The van der Waals surface area contributed by atoms with Gasteiger partial charge in [0.25, 0.3) is 11.7 Å². The van der Waals surface area contributed by atoms with Crippen molar-refractivity contribution in [2.45, 2.75) is 6.43 Å². The Hall–Kier alpha value is -0.300. The van der Waals surface area contributed by atoms with E-state index in [0.717, 1.165) is 6.07 Å². The van der Waals surface area contributed by atoms with Gasteiger partial charge in [0.05, 0.1) is 0 Å². The highest BCUT2D eigenvalue weighted by Gasteiger charge is 2.14. The summed E-state index contributed by atoms with van der Waals surface area (Å²) in [4.78, 5) is 14.1. The maximum absolute atomic E-state index is 12.1. The fourth-order valence-electron chi connectivity index (χ4n) is 0.717. The van der Waals surface area contributed by atoms with Gasteiger partial charge in [-0.15, -0.1) is 0 Å². The third-order valence-corrected chi connectivity index (χ3v) is 2.33.